The van der Waals surface area contributed by atoms with Gasteiger partial charge in [0.15, 0.2) is 0 Å². The zero-order chi connectivity index (χ0) is 12.3. The van der Waals surface area contributed by atoms with Crippen LogP contribution in [0.5, 0.6) is 5.75 Å². The number of hydrogen-bond donors (Lipinski definition) is 1. The normalized spacial score (nSPS) is 15.0. The van der Waals surface area contributed by atoms with Gasteiger partial charge in [0.1, 0.15) is 10.8 Å². The molecule has 0 saturated heterocycles. The quantitative estimate of drug-likeness (QED) is 0.799. The van der Waals surface area contributed by atoms with Crippen LogP contribution in [-0.2, 0) is 6.42 Å². The molecule has 1 aliphatic carbocycles. The van der Waals surface area contributed by atoms with Crippen LogP contribution in [0.3, 0.4) is 0 Å². The third-order valence-corrected chi connectivity index (χ3v) is 3.88. The van der Waals surface area contributed by atoms with Gasteiger partial charge in [-0.05, 0) is 43.9 Å². The molecule has 4 heteroatoms. The SMILES string of the molecule is COc1ccc(CCCNC2CC2)c(Cl)c1Cl. The van der Waals surface area contributed by atoms with E-state index in [0.29, 0.717) is 15.8 Å². The molecule has 0 atom stereocenters. The minimum absolute atomic E-state index is 0.516. The van der Waals surface area contributed by atoms with Crippen molar-refractivity contribution in [3.63, 3.8) is 0 Å². The van der Waals surface area contributed by atoms with Crippen LogP contribution in [0.2, 0.25) is 10.0 Å². The molecule has 0 aromatic heterocycles. The molecule has 1 N–H and O–H groups in total. The Morgan fingerprint density at radius 1 is 1.29 bits per heavy atom. The molecule has 1 saturated carbocycles. The van der Waals surface area contributed by atoms with E-state index in [9.17, 15) is 0 Å². The summed E-state index contributed by atoms with van der Waals surface area (Å²) < 4.78 is 5.12. The summed E-state index contributed by atoms with van der Waals surface area (Å²) in [6, 6.07) is 4.63. The van der Waals surface area contributed by atoms with E-state index >= 15 is 0 Å². The first-order valence-electron chi connectivity index (χ1n) is 5.96. The van der Waals surface area contributed by atoms with Crippen molar-refractivity contribution in [2.24, 2.45) is 0 Å². The fourth-order valence-corrected chi connectivity index (χ4v) is 2.31. The highest BCUT2D eigenvalue weighted by molar-refractivity contribution is 6.43. The van der Waals surface area contributed by atoms with Crippen LogP contribution in [0.4, 0.5) is 0 Å². The average molecular weight is 274 g/mol. The third kappa shape index (κ3) is 3.51. The predicted molar refractivity (Wildman–Crippen MR) is 72.4 cm³/mol. The molecule has 1 aromatic carbocycles. The first-order chi connectivity index (χ1) is 8.22. The van der Waals surface area contributed by atoms with Crippen LogP contribution in [0.25, 0.3) is 0 Å². The number of methoxy groups -OCH3 is 1. The van der Waals surface area contributed by atoms with E-state index in [1.807, 2.05) is 12.1 Å². The average Bonchev–Trinajstić information content (AvgIpc) is 3.14. The van der Waals surface area contributed by atoms with Gasteiger partial charge in [0.25, 0.3) is 0 Å². The number of nitrogens with one attached hydrogen (secondary N) is 1. The van der Waals surface area contributed by atoms with Gasteiger partial charge in [-0.1, -0.05) is 29.3 Å². The molecule has 0 aliphatic heterocycles. The fourth-order valence-electron chi connectivity index (χ4n) is 1.79. The highest BCUT2D eigenvalue weighted by Crippen LogP contribution is 2.34. The predicted octanol–water partition coefficient (Wildman–Crippen LogP) is 3.69. The van der Waals surface area contributed by atoms with E-state index in [-0.39, 0.29) is 0 Å². The van der Waals surface area contributed by atoms with E-state index in [4.69, 9.17) is 27.9 Å². The van der Waals surface area contributed by atoms with Crippen molar-refractivity contribution < 1.29 is 4.74 Å². The Labute approximate surface area is 112 Å². The van der Waals surface area contributed by atoms with E-state index in [1.54, 1.807) is 7.11 Å². The van der Waals surface area contributed by atoms with Crippen LogP contribution in [-0.4, -0.2) is 19.7 Å². The highest BCUT2D eigenvalue weighted by Gasteiger charge is 2.19. The Morgan fingerprint density at radius 2 is 2.06 bits per heavy atom. The number of benzene rings is 1. The third-order valence-electron chi connectivity index (χ3n) is 2.98. The van der Waals surface area contributed by atoms with E-state index < -0.39 is 0 Å². The van der Waals surface area contributed by atoms with Crippen molar-refractivity contribution in [3.8, 4) is 5.75 Å². The number of ether oxygens (including phenoxy) is 1. The summed E-state index contributed by atoms with van der Waals surface area (Å²) in [5, 5.41) is 4.62. The Kier molecular flexibility index (Phi) is 4.55. The van der Waals surface area contributed by atoms with Gasteiger partial charge in [-0.25, -0.2) is 0 Å². The summed E-state index contributed by atoms with van der Waals surface area (Å²) >= 11 is 12.3. The maximum atomic E-state index is 6.20. The molecule has 0 spiro atoms. The van der Waals surface area contributed by atoms with Gasteiger partial charge in [0.2, 0.25) is 0 Å². The molecule has 0 bridgehead atoms. The smallest absolute Gasteiger partial charge is 0.138 e. The summed E-state index contributed by atoms with van der Waals surface area (Å²) in [7, 11) is 1.59. The molecule has 94 valence electrons. The van der Waals surface area contributed by atoms with Gasteiger partial charge >= 0.3 is 0 Å². The zero-order valence-electron chi connectivity index (χ0n) is 9.93. The van der Waals surface area contributed by atoms with Gasteiger partial charge < -0.3 is 10.1 Å². The molecule has 17 heavy (non-hydrogen) atoms. The molecular weight excluding hydrogens is 257 g/mol. The maximum Gasteiger partial charge on any atom is 0.138 e. The lowest BCUT2D eigenvalue weighted by Crippen LogP contribution is -2.17. The molecule has 1 aromatic rings. The number of halogens is 2. The summed E-state index contributed by atoms with van der Waals surface area (Å²) in [6.07, 6.45) is 4.69. The minimum atomic E-state index is 0.516. The molecule has 2 nitrogen and oxygen atoms in total. The zero-order valence-corrected chi connectivity index (χ0v) is 11.4. The Bertz CT molecular complexity index is 391. The van der Waals surface area contributed by atoms with Crippen LogP contribution in [0.1, 0.15) is 24.8 Å². The topological polar surface area (TPSA) is 21.3 Å². The molecule has 0 radical (unpaired) electrons. The number of hydrogen-bond acceptors (Lipinski definition) is 2. The number of aryl methyl sites for hydroxylation is 1. The first-order valence-corrected chi connectivity index (χ1v) is 6.72. The van der Waals surface area contributed by atoms with E-state index in [1.165, 1.54) is 12.8 Å². The van der Waals surface area contributed by atoms with Crippen molar-refractivity contribution in [3.05, 3.63) is 27.7 Å². The second kappa shape index (κ2) is 5.94. The van der Waals surface area contributed by atoms with Gasteiger partial charge in [-0.3, -0.25) is 0 Å². The molecule has 0 amide bonds. The van der Waals surface area contributed by atoms with Crippen LogP contribution < -0.4 is 10.1 Å². The van der Waals surface area contributed by atoms with Crippen molar-refractivity contribution in [2.45, 2.75) is 31.7 Å². The lowest BCUT2D eigenvalue weighted by molar-refractivity contribution is 0.415. The van der Waals surface area contributed by atoms with Crippen molar-refractivity contribution >= 4 is 23.2 Å². The van der Waals surface area contributed by atoms with Crippen LogP contribution in [0, 0.1) is 0 Å². The van der Waals surface area contributed by atoms with E-state index in [2.05, 4.69) is 5.32 Å². The molecule has 1 fully saturated rings. The Balaban J connectivity index is 1.88. The van der Waals surface area contributed by atoms with Gasteiger partial charge in [-0.2, -0.15) is 0 Å². The Morgan fingerprint density at radius 3 is 2.71 bits per heavy atom. The van der Waals surface area contributed by atoms with Crippen molar-refractivity contribution in [2.75, 3.05) is 13.7 Å². The largest absolute Gasteiger partial charge is 0.495 e. The van der Waals surface area contributed by atoms with Crippen LogP contribution >= 0.6 is 23.2 Å². The highest BCUT2D eigenvalue weighted by atomic mass is 35.5. The summed E-state index contributed by atoms with van der Waals surface area (Å²) in [5.74, 6) is 0.636. The summed E-state index contributed by atoms with van der Waals surface area (Å²) in [4.78, 5) is 0. The van der Waals surface area contributed by atoms with Gasteiger partial charge in [0.05, 0.1) is 12.1 Å². The fraction of sp³-hybridized carbons (Fsp3) is 0.538. The maximum absolute atomic E-state index is 6.20. The molecule has 0 unspecified atom stereocenters. The lowest BCUT2D eigenvalue weighted by atomic mass is 10.1. The van der Waals surface area contributed by atoms with Crippen molar-refractivity contribution in [1.82, 2.24) is 5.32 Å². The molecule has 1 aliphatic rings. The monoisotopic (exact) mass is 273 g/mol. The molecule has 0 heterocycles. The van der Waals surface area contributed by atoms with Crippen molar-refractivity contribution in [1.29, 1.82) is 0 Å². The van der Waals surface area contributed by atoms with Gasteiger partial charge in [-0.15, -0.1) is 0 Å². The standard InChI is InChI=1S/C13H17Cl2NO/c1-17-11-7-4-9(12(14)13(11)15)3-2-8-16-10-5-6-10/h4,7,10,16H,2-3,5-6,8H2,1H3. The Hall–Kier alpha value is -0.440. The van der Waals surface area contributed by atoms with Gasteiger partial charge in [0, 0.05) is 6.04 Å². The summed E-state index contributed by atoms with van der Waals surface area (Å²) in [5.41, 5.74) is 1.09. The number of rotatable bonds is 6. The lowest BCUT2D eigenvalue weighted by Gasteiger charge is -2.09. The second-order valence-corrected chi connectivity index (χ2v) is 5.14. The van der Waals surface area contributed by atoms with E-state index in [0.717, 1.165) is 31.0 Å². The minimum Gasteiger partial charge on any atom is -0.495 e. The molecular formula is C13H17Cl2NO. The summed E-state index contributed by atoms with van der Waals surface area (Å²) in [6.45, 7) is 1.05. The first kappa shape index (κ1) is 13.0. The second-order valence-electron chi connectivity index (χ2n) is 4.39. The van der Waals surface area contributed by atoms with Crippen LogP contribution in [0.15, 0.2) is 12.1 Å². The molecule has 2 rings (SSSR count).